The molecule has 8 heteroatoms. The number of thioether (sulfide) groups is 1. The van der Waals surface area contributed by atoms with Crippen molar-refractivity contribution in [3.05, 3.63) is 59.4 Å². The van der Waals surface area contributed by atoms with Crippen molar-refractivity contribution < 1.29 is 13.9 Å². The van der Waals surface area contributed by atoms with Crippen LogP contribution < -0.4 is 9.64 Å². The lowest BCUT2D eigenvalue weighted by molar-refractivity contribution is -0.118. The molecular weight excluding hydrogens is 391 g/mol. The number of benzene rings is 2. The first kappa shape index (κ1) is 19.3. The lowest BCUT2D eigenvalue weighted by Gasteiger charge is -2.30. The molecular formula is C21H19FN4O2S. The first-order valence-corrected chi connectivity index (χ1v) is 10.2. The lowest BCUT2D eigenvalue weighted by Crippen LogP contribution is -2.36. The summed E-state index contributed by atoms with van der Waals surface area (Å²) >= 11 is 1.43. The SMILES string of the molecule is CCSc1nnc2c(n1)OC(c1ccc(C)cc1)N(C(C)=O)c1ccc(F)cc1-2. The Bertz CT molecular complexity index is 1070. The van der Waals surface area contributed by atoms with Crippen LogP contribution >= 0.6 is 11.8 Å². The maximum absolute atomic E-state index is 14.1. The minimum absolute atomic E-state index is 0.220. The van der Waals surface area contributed by atoms with Gasteiger partial charge >= 0.3 is 0 Å². The van der Waals surface area contributed by atoms with E-state index in [4.69, 9.17) is 4.74 Å². The molecule has 2 heterocycles. The van der Waals surface area contributed by atoms with Crippen molar-refractivity contribution in [2.75, 3.05) is 10.7 Å². The maximum atomic E-state index is 14.1. The van der Waals surface area contributed by atoms with Gasteiger partial charge in [-0.1, -0.05) is 48.5 Å². The highest BCUT2D eigenvalue weighted by Crippen LogP contribution is 2.43. The van der Waals surface area contributed by atoms with Gasteiger partial charge in [-0.25, -0.2) is 4.39 Å². The van der Waals surface area contributed by atoms with Crippen LogP contribution in [0.4, 0.5) is 10.1 Å². The topological polar surface area (TPSA) is 68.2 Å². The van der Waals surface area contributed by atoms with Crippen LogP contribution in [0, 0.1) is 12.7 Å². The standard InChI is InChI=1S/C21H19FN4O2S/c1-4-29-21-23-19-18(24-25-21)16-11-15(22)9-10-17(16)26(13(3)27)20(28-19)14-7-5-12(2)6-8-14/h5-11,20H,4H2,1-3H3. The number of halogens is 1. The number of hydrogen-bond donors (Lipinski definition) is 0. The van der Waals surface area contributed by atoms with Crippen molar-refractivity contribution in [3.63, 3.8) is 0 Å². The maximum Gasteiger partial charge on any atom is 0.247 e. The number of amides is 1. The normalized spacial score (nSPS) is 15.2. The fraction of sp³-hybridized carbons (Fsp3) is 0.238. The summed E-state index contributed by atoms with van der Waals surface area (Å²) in [6.07, 6.45) is -0.769. The van der Waals surface area contributed by atoms with Crippen molar-refractivity contribution in [2.24, 2.45) is 0 Å². The molecule has 29 heavy (non-hydrogen) atoms. The summed E-state index contributed by atoms with van der Waals surface area (Å²) in [5.74, 6) is 0.303. The van der Waals surface area contributed by atoms with Crippen LogP contribution in [0.15, 0.2) is 47.6 Å². The molecule has 1 aliphatic heterocycles. The number of anilines is 1. The largest absolute Gasteiger partial charge is 0.447 e. The Balaban J connectivity index is 1.96. The average Bonchev–Trinajstić information content (AvgIpc) is 2.83. The van der Waals surface area contributed by atoms with Gasteiger partial charge in [0.1, 0.15) is 5.82 Å². The third-order valence-corrected chi connectivity index (χ3v) is 5.26. The molecule has 0 fully saturated rings. The van der Waals surface area contributed by atoms with Gasteiger partial charge in [-0.05, 0) is 30.9 Å². The molecule has 0 aliphatic carbocycles. The van der Waals surface area contributed by atoms with Crippen LogP contribution in [-0.2, 0) is 4.79 Å². The minimum atomic E-state index is -0.769. The molecule has 2 aromatic carbocycles. The Morgan fingerprint density at radius 1 is 1.21 bits per heavy atom. The van der Waals surface area contributed by atoms with Crippen LogP contribution in [0.1, 0.15) is 31.2 Å². The van der Waals surface area contributed by atoms with E-state index in [0.717, 1.165) is 16.9 Å². The van der Waals surface area contributed by atoms with E-state index in [2.05, 4.69) is 15.2 Å². The minimum Gasteiger partial charge on any atom is -0.447 e. The smallest absolute Gasteiger partial charge is 0.247 e. The summed E-state index contributed by atoms with van der Waals surface area (Å²) in [6, 6.07) is 11.9. The predicted molar refractivity (Wildman–Crippen MR) is 109 cm³/mol. The van der Waals surface area contributed by atoms with E-state index in [0.29, 0.717) is 22.1 Å². The Hall–Kier alpha value is -3.00. The molecule has 1 amide bonds. The summed E-state index contributed by atoms with van der Waals surface area (Å²) in [7, 11) is 0. The second-order valence-electron chi connectivity index (χ2n) is 6.61. The van der Waals surface area contributed by atoms with Crippen LogP contribution in [0.25, 0.3) is 11.3 Å². The Morgan fingerprint density at radius 2 is 1.97 bits per heavy atom. The monoisotopic (exact) mass is 410 g/mol. The number of rotatable bonds is 3. The number of aromatic nitrogens is 3. The van der Waals surface area contributed by atoms with E-state index < -0.39 is 12.0 Å². The zero-order valence-corrected chi connectivity index (χ0v) is 17.0. The highest BCUT2D eigenvalue weighted by molar-refractivity contribution is 7.99. The molecule has 3 aromatic rings. The molecule has 0 bridgehead atoms. The van der Waals surface area contributed by atoms with E-state index in [1.807, 2.05) is 38.1 Å². The second kappa shape index (κ2) is 7.79. The van der Waals surface area contributed by atoms with E-state index in [1.54, 1.807) is 6.07 Å². The van der Waals surface area contributed by atoms with Gasteiger partial charge in [0, 0.05) is 18.1 Å². The third kappa shape index (κ3) is 3.67. The number of fused-ring (bicyclic) bond motifs is 3. The zero-order valence-electron chi connectivity index (χ0n) is 16.2. The van der Waals surface area contributed by atoms with E-state index in [9.17, 15) is 9.18 Å². The number of ether oxygens (including phenoxy) is 1. The molecule has 148 valence electrons. The molecule has 0 saturated heterocycles. The van der Waals surface area contributed by atoms with Crippen LogP contribution in [0.5, 0.6) is 5.88 Å². The molecule has 1 aliphatic rings. The Kier molecular flexibility index (Phi) is 5.19. The van der Waals surface area contributed by atoms with Gasteiger partial charge in [-0.3, -0.25) is 9.69 Å². The fourth-order valence-electron chi connectivity index (χ4n) is 3.21. The van der Waals surface area contributed by atoms with Gasteiger partial charge in [-0.15, -0.1) is 10.2 Å². The zero-order chi connectivity index (χ0) is 20.5. The molecule has 0 spiro atoms. The first-order valence-electron chi connectivity index (χ1n) is 9.18. The molecule has 4 rings (SSSR count). The van der Waals surface area contributed by atoms with Crippen LogP contribution in [0.3, 0.4) is 0 Å². The predicted octanol–water partition coefficient (Wildman–Crippen LogP) is 4.54. The molecule has 1 aromatic heterocycles. The summed E-state index contributed by atoms with van der Waals surface area (Å²) in [5, 5.41) is 8.84. The van der Waals surface area contributed by atoms with E-state index in [-0.39, 0.29) is 11.8 Å². The summed E-state index contributed by atoms with van der Waals surface area (Å²) < 4.78 is 20.3. The summed E-state index contributed by atoms with van der Waals surface area (Å²) in [6.45, 7) is 5.42. The molecule has 1 atom stereocenters. The number of aryl methyl sites for hydroxylation is 1. The number of nitrogens with zero attached hydrogens (tertiary/aromatic N) is 4. The Morgan fingerprint density at radius 3 is 2.66 bits per heavy atom. The quantitative estimate of drug-likeness (QED) is 0.591. The molecule has 0 radical (unpaired) electrons. The highest BCUT2D eigenvalue weighted by Gasteiger charge is 2.34. The van der Waals surface area contributed by atoms with Crippen molar-refractivity contribution in [2.45, 2.75) is 32.2 Å². The van der Waals surface area contributed by atoms with Gasteiger partial charge in [0.2, 0.25) is 23.2 Å². The Labute approximate surface area is 172 Å². The number of carbonyl (C=O) groups is 1. The van der Waals surface area contributed by atoms with Crippen molar-refractivity contribution in [1.82, 2.24) is 15.2 Å². The summed E-state index contributed by atoms with van der Waals surface area (Å²) in [4.78, 5) is 18.6. The van der Waals surface area contributed by atoms with Crippen LogP contribution in [0.2, 0.25) is 0 Å². The third-order valence-electron chi connectivity index (χ3n) is 4.54. The summed E-state index contributed by atoms with van der Waals surface area (Å²) in [5.41, 5.74) is 3.08. The molecule has 1 unspecified atom stereocenters. The second-order valence-corrected chi connectivity index (χ2v) is 7.84. The van der Waals surface area contributed by atoms with E-state index >= 15 is 0 Å². The van der Waals surface area contributed by atoms with Gasteiger partial charge in [0.25, 0.3) is 0 Å². The van der Waals surface area contributed by atoms with Crippen molar-refractivity contribution in [1.29, 1.82) is 0 Å². The fourth-order valence-corrected chi connectivity index (χ4v) is 3.72. The number of hydrogen-bond acceptors (Lipinski definition) is 6. The number of carbonyl (C=O) groups excluding carboxylic acids is 1. The van der Waals surface area contributed by atoms with Gasteiger partial charge < -0.3 is 4.74 Å². The highest BCUT2D eigenvalue weighted by atomic mass is 32.2. The van der Waals surface area contributed by atoms with E-state index in [1.165, 1.54) is 35.7 Å². The van der Waals surface area contributed by atoms with Gasteiger partial charge in [0.15, 0.2) is 5.69 Å². The van der Waals surface area contributed by atoms with Gasteiger partial charge in [-0.2, -0.15) is 4.98 Å². The molecule has 6 nitrogen and oxygen atoms in total. The van der Waals surface area contributed by atoms with Gasteiger partial charge in [0.05, 0.1) is 5.69 Å². The molecule has 0 N–H and O–H groups in total. The molecule has 0 saturated carbocycles. The lowest BCUT2D eigenvalue weighted by atomic mass is 10.1. The first-order chi connectivity index (χ1) is 14.0. The van der Waals surface area contributed by atoms with Crippen molar-refractivity contribution in [3.8, 4) is 17.1 Å². The van der Waals surface area contributed by atoms with Crippen molar-refractivity contribution >= 4 is 23.4 Å². The van der Waals surface area contributed by atoms with Crippen LogP contribution in [-0.4, -0.2) is 26.8 Å². The average molecular weight is 410 g/mol.